The molecule has 105 valence electrons. The molecule has 1 saturated heterocycles. The summed E-state index contributed by atoms with van der Waals surface area (Å²) in [4.78, 5) is 21.9. The Labute approximate surface area is 112 Å². The van der Waals surface area contributed by atoms with Gasteiger partial charge in [-0.2, -0.15) is 0 Å². The van der Waals surface area contributed by atoms with Crippen LogP contribution in [-0.4, -0.2) is 34.9 Å². The lowest BCUT2D eigenvalue weighted by Gasteiger charge is -2.26. The monoisotopic (exact) mass is 267 g/mol. The first-order valence-corrected chi connectivity index (χ1v) is 6.07. The van der Waals surface area contributed by atoms with Crippen LogP contribution in [0.15, 0.2) is 23.3 Å². The largest absolute Gasteiger partial charge is 0.478 e. The molecule has 0 aromatic carbocycles. The predicted octanol–water partition coefficient (Wildman–Crippen LogP) is 2.05. The highest BCUT2D eigenvalue weighted by atomic mass is 16.6. The summed E-state index contributed by atoms with van der Waals surface area (Å²) in [5, 5.41) is 18.0. The Hall–Kier alpha value is -1.62. The number of ether oxygens (including phenoxy) is 1. The lowest BCUT2D eigenvalue weighted by molar-refractivity contribution is -0.133. The van der Waals surface area contributed by atoms with Crippen LogP contribution in [0.4, 0.5) is 0 Å². The van der Waals surface area contributed by atoms with Crippen LogP contribution in [0.25, 0.3) is 0 Å². The molecule has 1 aliphatic heterocycles. The van der Waals surface area contributed by atoms with Gasteiger partial charge in [-0.15, -0.1) is 0 Å². The zero-order valence-electron chi connectivity index (χ0n) is 11.3. The Kier molecular flexibility index (Phi) is 4.89. The first kappa shape index (κ1) is 15.4. The zero-order valence-corrected chi connectivity index (χ0v) is 11.3. The highest BCUT2D eigenvalue weighted by Crippen LogP contribution is 2.37. The SMILES string of the molecule is C[CH]C(C=C(C)C(=O)O)(C=C(C)C(=O)O)CC1CO1. The summed E-state index contributed by atoms with van der Waals surface area (Å²) < 4.78 is 5.18. The van der Waals surface area contributed by atoms with E-state index in [1.54, 1.807) is 19.1 Å². The maximum atomic E-state index is 11.0. The summed E-state index contributed by atoms with van der Waals surface area (Å²) in [6.45, 7) is 5.42. The van der Waals surface area contributed by atoms with Gasteiger partial charge in [-0.1, -0.05) is 19.1 Å². The van der Waals surface area contributed by atoms with E-state index in [1.165, 1.54) is 13.8 Å². The van der Waals surface area contributed by atoms with Crippen molar-refractivity contribution < 1.29 is 24.5 Å². The third-order valence-corrected chi connectivity index (χ3v) is 3.17. The van der Waals surface area contributed by atoms with Crippen LogP contribution in [0.2, 0.25) is 0 Å². The molecule has 1 fully saturated rings. The van der Waals surface area contributed by atoms with Crippen molar-refractivity contribution in [1.82, 2.24) is 0 Å². The minimum absolute atomic E-state index is 0.0619. The van der Waals surface area contributed by atoms with Gasteiger partial charge in [-0.25, -0.2) is 9.59 Å². The number of carboxylic acid groups (broad SMARTS) is 2. The Balaban J connectivity index is 3.13. The molecular formula is C14H19O5. The molecule has 0 aromatic heterocycles. The van der Waals surface area contributed by atoms with Gasteiger partial charge in [0.1, 0.15) is 0 Å². The van der Waals surface area contributed by atoms with E-state index in [0.29, 0.717) is 13.0 Å². The molecule has 1 atom stereocenters. The van der Waals surface area contributed by atoms with Crippen LogP contribution in [-0.2, 0) is 14.3 Å². The second-order valence-corrected chi connectivity index (χ2v) is 4.83. The van der Waals surface area contributed by atoms with E-state index >= 15 is 0 Å². The van der Waals surface area contributed by atoms with Crippen molar-refractivity contribution in [3.05, 3.63) is 29.7 Å². The smallest absolute Gasteiger partial charge is 0.330 e. The number of carbonyl (C=O) groups is 2. The highest BCUT2D eigenvalue weighted by molar-refractivity contribution is 5.87. The third-order valence-electron chi connectivity index (χ3n) is 3.17. The van der Waals surface area contributed by atoms with Crippen molar-refractivity contribution in [2.75, 3.05) is 6.61 Å². The second kappa shape index (κ2) is 6.02. The Morgan fingerprint density at radius 2 is 1.63 bits per heavy atom. The molecule has 0 spiro atoms. The number of rotatable bonds is 7. The maximum absolute atomic E-state index is 11.0. The van der Waals surface area contributed by atoms with E-state index in [9.17, 15) is 9.59 Å². The Morgan fingerprint density at radius 1 is 1.21 bits per heavy atom. The van der Waals surface area contributed by atoms with E-state index in [2.05, 4.69) is 0 Å². The molecular weight excluding hydrogens is 248 g/mol. The molecule has 0 amide bonds. The van der Waals surface area contributed by atoms with E-state index in [1.807, 2.05) is 6.42 Å². The lowest BCUT2D eigenvalue weighted by Crippen LogP contribution is -2.21. The molecule has 1 heterocycles. The van der Waals surface area contributed by atoms with Crippen molar-refractivity contribution in [2.24, 2.45) is 5.41 Å². The zero-order chi connectivity index (χ0) is 14.6. The summed E-state index contributed by atoms with van der Waals surface area (Å²) in [5.41, 5.74) is -0.326. The van der Waals surface area contributed by atoms with Crippen molar-refractivity contribution in [2.45, 2.75) is 33.3 Å². The first-order chi connectivity index (χ1) is 8.79. The van der Waals surface area contributed by atoms with Gasteiger partial charge in [0.25, 0.3) is 0 Å². The average molecular weight is 267 g/mol. The van der Waals surface area contributed by atoms with Gasteiger partial charge in [0, 0.05) is 16.6 Å². The van der Waals surface area contributed by atoms with Gasteiger partial charge in [0.15, 0.2) is 0 Å². The van der Waals surface area contributed by atoms with Gasteiger partial charge in [-0.3, -0.25) is 0 Å². The molecule has 5 heteroatoms. The second-order valence-electron chi connectivity index (χ2n) is 4.83. The van der Waals surface area contributed by atoms with Gasteiger partial charge < -0.3 is 14.9 Å². The number of hydrogen-bond acceptors (Lipinski definition) is 3. The molecule has 0 saturated carbocycles. The lowest BCUT2D eigenvalue weighted by atomic mass is 9.77. The Bertz CT molecular complexity index is 399. The van der Waals surface area contributed by atoms with Gasteiger partial charge >= 0.3 is 11.9 Å². The summed E-state index contributed by atoms with van der Waals surface area (Å²) in [6.07, 6.45) is 5.60. The van der Waals surface area contributed by atoms with Gasteiger partial charge in [0.05, 0.1) is 12.7 Å². The molecule has 1 aliphatic rings. The minimum Gasteiger partial charge on any atom is -0.478 e. The molecule has 0 aliphatic carbocycles. The van der Waals surface area contributed by atoms with Crippen LogP contribution in [0.1, 0.15) is 27.2 Å². The average Bonchev–Trinajstić information content (AvgIpc) is 3.12. The standard InChI is InChI=1S/C14H19O5/c1-4-14(7-11-8-19-11,5-9(2)12(15)16)6-10(3)13(17)18/h4-6,11H,7-8H2,1-3H3,(H,15,16)(H,17,18). The first-order valence-electron chi connectivity index (χ1n) is 6.07. The van der Waals surface area contributed by atoms with Crippen LogP contribution in [0.5, 0.6) is 0 Å². The van der Waals surface area contributed by atoms with Gasteiger partial charge in [-0.05, 0) is 26.7 Å². The Morgan fingerprint density at radius 3 is 1.89 bits per heavy atom. The molecule has 1 rings (SSSR count). The number of allylic oxidation sites excluding steroid dienone is 2. The molecule has 2 N–H and O–H groups in total. The van der Waals surface area contributed by atoms with Crippen LogP contribution >= 0.6 is 0 Å². The van der Waals surface area contributed by atoms with E-state index in [4.69, 9.17) is 14.9 Å². The van der Waals surface area contributed by atoms with E-state index in [-0.39, 0.29) is 17.3 Å². The fourth-order valence-electron chi connectivity index (χ4n) is 1.95. The number of carboxylic acids is 2. The normalized spacial score (nSPS) is 22.8. The van der Waals surface area contributed by atoms with Gasteiger partial charge in [0.2, 0.25) is 0 Å². The van der Waals surface area contributed by atoms with Crippen LogP contribution in [0, 0.1) is 11.8 Å². The number of hydrogen-bond donors (Lipinski definition) is 2. The molecule has 0 bridgehead atoms. The summed E-state index contributed by atoms with van der Waals surface area (Å²) in [6, 6.07) is 0. The molecule has 1 unspecified atom stereocenters. The molecule has 5 nitrogen and oxygen atoms in total. The van der Waals surface area contributed by atoms with Crippen molar-refractivity contribution >= 4 is 11.9 Å². The van der Waals surface area contributed by atoms with E-state index < -0.39 is 17.4 Å². The highest BCUT2D eigenvalue weighted by Gasteiger charge is 2.35. The molecule has 1 radical (unpaired) electrons. The van der Waals surface area contributed by atoms with Crippen molar-refractivity contribution in [3.63, 3.8) is 0 Å². The van der Waals surface area contributed by atoms with Crippen LogP contribution < -0.4 is 0 Å². The summed E-state index contributed by atoms with van der Waals surface area (Å²) in [7, 11) is 0. The fraction of sp³-hybridized carbons (Fsp3) is 0.500. The topological polar surface area (TPSA) is 87.1 Å². The maximum Gasteiger partial charge on any atom is 0.330 e. The van der Waals surface area contributed by atoms with Crippen molar-refractivity contribution in [1.29, 1.82) is 0 Å². The minimum atomic E-state index is -1.01. The molecule has 0 aromatic rings. The fourth-order valence-corrected chi connectivity index (χ4v) is 1.95. The summed E-state index contributed by atoms with van der Waals surface area (Å²) in [5.74, 6) is -2.02. The van der Waals surface area contributed by atoms with Crippen LogP contribution in [0.3, 0.4) is 0 Å². The number of aliphatic carboxylic acids is 2. The number of epoxide rings is 1. The molecule has 19 heavy (non-hydrogen) atoms. The third kappa shape index (κ3) is 4.52. The van der Waals surface area contributed by atoms with E-state index in [0.717, 1.165) is 0 Å². The van der Waals surface area contributed by atoms with Crippen molar-refractivity contribution in [3.8, 4) is 0 Å². The summed E-state index contributed by atoms with van der Waals surface area (Å²) >= 11 is 0. The quantitative estimate of drug-likeness (QED) is 0.544. The predicted molar refractivity (Wildman–Crippen MR) is 69.5 cm³/mol.